The van der Waals surface area contributed by atoms with E-state index in [9.17, 15) is 4.79 Å². The molecule has 1 amide bonds. The minimum absolute atomic E-state index is 0.0519. The summed E-state index contributed by atoms with van der Waals surface area (Å²) in [4.78, 5) is 17.9. The molecule has 4 heteroatoms. The van der Waals surface area contributed by atoms with Crippen molar-refractivity contribution in [2.24, 2.45) is 0 Å². The van der Waals surface area contributed by atoms with Crippen molar-refractivity contribution in [2.45, 2.75) is 20.3 Å². The van der Waals surface area contributed by atoms with Crippen LogP contribution in [0.2, 0.25) is 0 Å². The fourth-order valence-electron chi connectivity index (χ4n) is 1.61. The van der Waals surface area contributed by atoms with Gasteiger partial charge in [-0.15, -0.1) is 11.3 Å². The van der Waals surface area contributed by atoms with Crippen molar-refractivity contribution < 1.29 is 4.79 Å². The van der Waals surface area contributed by atoms with Crippen molar-refractivity contribution in [2.75, 3.05) is 5.32 Å². The second-order valence-electron chi connectivity index (χ2n) is 3.74. The Balaban J connectivity index is 2.15. The summed E-state index contributed by atoms with van der Waals surface area (Å²) in [6.07, 6.45) is 4.28. The number of nitrogens with zero attached hydrogens (tertiary/aromatic N) is 1. The molecule has 0 radical (unpaired) electrons. The van der Waals surface area contributed by atoms with Crippen molar-refractivity contribution in [3.8, 4) is 0 Å². The molecule has 2 aromatic rings. The summed E-state index contributed by atoms with van der Waals surface area (Å²) < 4.78 is 0. The van der Waals surface area contributed by atoms with Gasteiger partial charge in [0, 0.05) is 23.0 Å². The average Bonchev–Trinajstić information content (AvgIpc) is 2.72. The van der Waals surface area contributed by atoms with Gasteiger partial charge in [0.15, 0.2) is 0 Å². The van der Waals surface area contributed by atoms with Crippen LogP contribution in [0.5, 0.6) is 0 Å². The van der Waals surface area contributed by atoms with Crippen molar-refractivity contribution in [1.29, 1.82) is 0 Å². The maximum atomic E-state index is 12.0. The van der Waals surface area contributed by atoms with Crippen LogP contribution in [0.25, 0.3) is 0 Å². The third kappa shape index (κ3) is 2.71. The number of hydrogen-bond donors (Lipinski definition) is 1. The highest BCUT2D eigenvalue weighted by Crippen LogP contribution is 2.22. The number of rotatable bonds is 3. The van der Waals surface area contributed by atoms with E-state index in [0.717, 1.165) is 17.0 Å². The van der Waals surface area contributed by atoms with Gasteiger partial charge in [-0.25, -0.2) is 0 Å². The largest absolute Gasteiger partial charge is 0.321 e. The molecule has 17 heavy (non-hydrogen) atoms. The van der Waals surface area contributed by atoms with Crippen LogP contribution in [0.1, 0.15) is 27.0 Å². The van der Waals surface area contributed by atoms with E-state index in [2.05, 4.69) is 17.2 Å². The second kappa shape index (κ2) is 5.10. The maximum Gasteiger partial charge on any atom is 0.265 e. The third-order valence-electron chi connectivity index (χ3n) is 2.56. The molecule has 0 saturated heterocycles. The van der Waals surface area contributed by atoms with Crippen molar-refractivity contribution >= 4 is 22.9 Å². The highest BCUT2D eigenvalue weighted by Gasteiger charge is 2.11. The summed E-state index contributed by atoms with van der Waals surface area (Å²) in [5.41, 5.74) is 2.02. The van der Waals surface area contributed by atoms with Gasteiger partial charge in [-0.1, -0.05) is 6.92 Å². The molecule has 0 aliphatic carbocycles. The quantitative estimate of drug-likeness (QED) is 0.903. The Morgan fingerprint density at radius 2 is 2.12 bits per heavy atom. The zero-order valence-corrected chi connectivity index (χ0v) is 10.7. The minimum Gasteiger partial charge on any atom is -0.321 e. The molecule has 1 N–H and O–H groups in total. The van der Waals surface area contributed by atoms with Crippen LogP contribution in [0.4, 0.5) is 5.69 Å². The fraction of sp³-hybridized carbons (Fsp3) is 0.231. The van der Waals surface area contributed by atoms with Gasteiger partial charge in [0.05, 0.1) is 4.88 Å². The van der Waals surface area contributed by atoms with Crippen LogP contribution >= 0.6 is 11.3 Å². The van der Waals surface area contributed by atoms with Crippen LogP contribution < -0.4 is 5.32 Å². The van der Waals surface area contributed by atoms with E-state index in [4.69, 9.17) is 0 Å². The predicted molar refractivity (Wildman–Crippen MR) is 70.6 cm³/mol. The van der Waals surface area contributed by atoms with E-state index < -0.39 is 0 Å². The van der Waals surface area contributed by atoms with Gasteiger partial charge < -0.3 is 5.32 Å². The van der Waals surface area contributed by atoms with Crippen molar-refractivity contribution in [3.63, 3.8) is 0 Å². The minimum atomic E-state index is -0.0519. The number of carbonyl (C=O) groups excluding carboxylic acids is 1. The molecular weight excluding hydrogens is 232 g/mol. The lowest BCUT2D eigenvalue weighted by Gasteiger charge is -2.01. The summed E-state index contributed by atoms with van der Waals surface area (Å²) in [5, 5.41) is 2.85. The molecule has 0 aromatic carbocycles. The lowest BCUT2D eigenvalue weighted by atomic mass is 10.2. The number of aryl methyl sites for hydroxylation is 2. The molecule has 3 nitrogen and oxygen atoms in total. The highest BCUT2D eigenvalue weighted by molar-refractivity contribution is 7.14. The Morgan fingerprint density at radius 3 is 2.71 bits per heavy atom. The molecule has 0 unspecified atom stereocenters. The number of hydrogen-bond acceptors (Lipinski definition) is 3. The van der Waals surface area contributed by atoms with Gasteiger partial charge in [-0.2, -0.15) is 0 Å². The maximum absolute atomic E-state index is 12.0. The number of aromatic nitrogens is 1. The number of amides is 1. The van der Waals surface area contributed by atoms with E-state index in [0.29, 0.717) is 0 Å². The Labute approximate surface area is 105 Å². The number of anilines is 1. The van der Waals surface area contributed by atoms with Gasteiger partial charge >= 0.3 is 0 Å². The van der Waals surface area contributed by atoms with E-state index in [-0.39, 0.29) is 5.91 Å². The van der Waals surface area contributed by atoms with E-state index in [1.165, 1.54) is 21.8 Å². The molecule has 2 rings (SSSR count). The lowest BCUT2D eigenvalue weighted by molar-refractivity contribution is 0.103. The summed E-state index contributed by atoms with van der Waals surface area (Å²) in [7, 11) is 0. The first-order valence-corrected chi connectivity index (χ1v) is 6.33. The van der Waals surface area contributed by atoms with Crippen LogP contribution in [0.3, 0.4) is 0 Å². The van der Waals surface area contributed by atoms with E-state index in [1.807, 2.05) is 13.0 Å². The third-order valence-corrected chi connectivity index (χ3v) is 3.66. The number of carbonyl (C=O) groups is 1. The Morgan fingerprint density at radius 1 is 1.41 bits per heavy atom. The average molecular weight is 246 g/mol. The zero-order chi connectivity index (χ0) is 12.3. The Bertz CT molecular complexity index is 519. The number of nitrogens with one attached hydrogen (secondary N) is 1. The second-order valence-corrected chi connectivity index (χ2v) is 4.99. The van der Waals surface area contributed by atoms with Crippen LogP contribution in [-0.4, -0.2) is 10.9 Å². The van der Waals surface area contributed by atoms with Gasteiger partial charge in [0.25, 0.3) is 5.91 Å². The Hall–Kier alpha value is -1.68. The predicted octanol–water partition coefficient (Wildman–Crippen LogP) is 3.27. The smallest absolute Gasteiger partial charge is 0.265 e. The SMILES string of the molecule is CCc1cc(C(=O)Nc2ccncc2)sc1C. The summed E-state index contributed by atoms with van der Waals surface area (Å²) in [5.74, 6) is -0.0519. The molecular formula is C13H14N2OS. The highest BCUT2D eigenvalue weighted by atomic mass is 32.1. The monoisotopic (exact) mass is 246 g/mol. The molecule has 0 atom stereocenters. The van der Waals surface area contributed by atoms with Gasteiger partial charge in [-0.05, 0) is 37.1 Å². The van der Waals surface area contributed by atoms with Crippen molar-refractivity contribution in [1.82, 2.24) is 4.98 Å². The molecule has 2 heterocycles. The molecule has 88 valence electrons. The molecule has 0 spiro atoms. The summed E-state index contributed by atoms with van der Waals surface area (Å²) >= 11 is 1.54. The van der Waals surface area contributed by atoms with E-state index >= 15 is 0 Å². The van der Waals surface area contributed by atoms with Crippen LogP contribution in [-0.2, 0) is 6.42 Å². The molecule has 0 saturated carbocycles. The molecule has 0 aliphatic heterocycles. The van der Waals surface area contributed by atoms with Crippen LogP contribution in [0.15, 0.2) is 30.6 Å². The molecule has 0 aliphatic rings. The van der Waals surface area contributed by atoms with Gasteiger partial charge in [-0.3, -0.25) is 9.78 Å². The topological polar surface area (TPSA) is 42.0 Å². The van der Waals surface area contributed by atoms with Crippen LogP contribution in [0, 0.1) is 6.92 Å². The van der Waals surface area contributed by atoms with E-state index in [1.54, 1.807) is 24.5 Å². The molecule has 0 fully saturated rings. The van der Waals surface area contributed by atoms with Gasteiger partial charge in [0.2, 0.25) is 0 Å². The molecule has 2 aromatic heterocycles. The normalized spacial score (nSPS) is 10.2. The number of pyridine rings is 1. The first-order chi connectivity index (χ1) is 8.20. The lowest BCUT2D eigenvalue weighted by Crippen LogP contribution is -2.09. The standard InChI is InChI=1S/C13H14N2OS/c1-3-10-8-12(17-9(10)2)13(16)15-11-4-6-14-7-5-11/h4-8H,3H2,1-2H3,(H,14,15,16). The first-order valence-electron chi connectivity index (χ1n) is 5.51. The summed E-state index contributed by atoms with van der Waals surface area (Å²) in [6, 6.07) is 5.52. The van der Waals surface area contributed by atoms with Gasteiger partial charge in [0.1, 0.15) is 0 Å². The summed E-state index contributed by atoms with van der Waals surface area (Å²) in [6.45, 7) is 4.15. The fourth-order valence-corrected chi connectivity index (χ4v) is 2.62. The zero-order valence-electron chi connectivity index (χ0n) is 9.86. The number of thiophene rings is 1. The van der Waals surface area contributed by atoms with Crippen molar-refractivity contribution in [3.05, 3.63) is 45.9 Å². The molecule has 0 bridgehead atoms. The first kappa shape index (κ1) is 11.8. The Kier molecular flexibility index (Phi) is 3.54.